The highest BCUT2D eigenvalue weighted by Crippen LogP contribution is 2.13. The highest BCUT2D eigenvalue weighted by atomic mass is 35.5. The fourth-order valence-electron chi connectivity index (χ4n) is 1.75. The van der Waals surface area contributed by atoms with Crippen LogP contribution < -0.4 is 15.4 Å². The van der Waals surface area contributed by atoms with Crippen LogP contribution in [-0.4, -0.2) is 36.2 Å². The van der Waals surface area contributed by atoms with E-state index in [1.165, 1.54) is 12.1 Å². The van der Waals surface area contributed by atoms with Crippen LogP contribution in [0.2, 0.25) is 0 Å². The maximum atomic E-state index is 13.0. The van der Waals surface area contributed by atoms with Crippen molar-refractivity contribution in [2.45, 2.75) is 19.1 Å². The summed E-state index contributed by atoms with van der Waals surface area (Å²) in [6, 6.07) is 5.86. The number of thioether (sulfide) groups is 1. The molecule has 1 heterocycles. The van der Waals surface area contributed by atoms with Gasteiger partial charge in [-0.1, -0.05) is 6.07 Å². The molecule has 20 heavy (non-hydrogen) atoms. The van der Waals surface area contributed by atoms with Crippen LogP contribution in [0.25, 0.3) is 0 Å². The molecule has 0 aromatic heterocycles. The third-order valence-corrected chi connectivity index (χ3v) is 3.67. The Balaban J connectivity index is 0.00000200. The fourth-order valence-corrected chi connectivity index (χ4v) is 2.69. The van der Waals surface area contributed by atoms with Crippen molar-refractivity contribution in [3.63, 3.8) is 0 Å². The topological polar surface area (TPSA) is 50.4 Å². The second-order valence-corrected chi connectivity index (χ2v) is 5.43. The first-order chi connectivity index (χ1) is 9.15. The quantitative estimate of drug-likeness (QED) is 0.868. The second-order valence-electron chi connectivity index (χ2n) is 4.40. The van der Waals surface area contributed by atoms with Gasteiger partial charge in [-0.2, -0.15) is 0 Å². The summed E-state index contributed by atoms with van der Waals surface area (Å²) in [6.45, 7) is 2.24. The summed E-state index contributed by atoms with van der Waals surface area (Å²) in [5.74, 6) is 1.73. The van der Waals surface area contributed by atoms with Gasteiger partial charge in [-0.05, 0) is 19.1 Å². The van der Waals surface area contributed by atoms with Crippen LogP contribution in [0.4, 0.5) is 4.39 Å². The molecule has 2 N–H and O–H groups in total. The molecule has 0 bridgehead atoms. The monoisotopic (exact) mass is 320 g/mol. The molecule has 1 saturated heterocycles. The van der Waals surface area contributed by atoms with E-state index in [4.69, 9.17) is 4.74 Å². The predicted octanol–water partition coefficient (Wildman–Crippen LogP) is 1.79. The Kier molecular flexibility index (Phi) is 7.12. The molecule has 4 nitrogen and oxygen atoms in total. The lowest BCUT2D eigenvalue weighted by molar-refractivity contribution is -0.122. The third-order valence-electron chi connectivity index (χ3n) is 2.73. The first kappa shape index (κ1) is 17.1. The predicted molar refractivity (Wildman–Crippen MR) is 81.0 cm³/mol. The molecule has 0 radical (unpaired) electrons. The lowest BCUT2D eigenvalue weighted by atomic mass is 10.3. The van der Waals surface area contributed by atoms with Crippen LogP contribution in [0.15, 0.2) is 24.3 Å². The first-order valence-electron chi connectivity index (χ1n) is 6.16. The van der Waals surface area contributed by atoms with E-state index in [0.29, 0.717) is 12.3 Å². The average Bonchev–Trinajstić information content (AvgIpc) is 2.90. The van der Waals surface area contributed by atoms with E-state index in [-0.39, 0.29) is 36.3 Å². The van der Waals surface area contributed by atoms with Crippen molar-refractivity contribution in [2.75, 3.05) is 18.2 Å². The molecule has 0 spiro atoms. The maximum Gasteiger partial charge on any atom is 0.238 e. The zero-order valence-electron chi connectivity index (χ0n) is 11.1. The van der Waals surface area contributed by atoms with Crippen LogP contribution in [0.1, 0.15) is 6.92 Å². The summed E-state index contributed by atoms with van der Waals surface area (Å²) >= 11 is 1.70. The van der Waals surface area contributed by atoms with Gasteiger partial charge in [0.05, 0.1) is 12.6 Å². The van der Waals surface area contributed by atoms with Crippen LogP contribution in [0, 0.1) is 5.82 Å². The number of carbonyl (C=O) groups is 1. The smallest absolute Gasteiger partial charge is 0.238 e. The normalized spacial score (nSPS) is 19.0. The maximum absolute atomic E-state index is 13.0. The molecule has 0 aliphatic carbocycles. The summed E-state index contributed by atoms with van der Waals surface area (Å²) in [4.78, 5) is 11.8. The van der Waals surface area contributed by atoms with Gasteiger partial charge in [-0.25, -0.2) is 4.39 Å². The second kappa shape index (κ2) is 8.34. The lowest BCUT2D eigenvalue weighted by Crippen LogP contribution is -2.44. The van der Waals surface area contributed by atoms with Gasteiger partial charge >= 0.3 is 0 Å². The highest BCUT2D eigenvalue weighted by molar-refractivity contribution is 7.99. The molecule has 2 rings (SSSR count). The Morgan fingerprint density at radius 3 is 3.10 bits per heavy atom. The van der Waals surface area contributed by atoms with Crippen LogP contribution >= 0.6 is 24.2 Å². The van der Waals surface area contributed by atoms with Crippen molar-refractivity contribution in [2.24, 2.45) is 0 Å². The van der Waals surface area contributed by atoms with Crippen LogP contribution in [0.5, 0.6) is 5.75 Å². The van der Waals surface area contributed by atoms with Crippen molar-refractivity contribution < 1.29 is 13.9 Å². The van der Waals surface area contributed by atoms with Gasteiger partial charge < -0.3 is 10.1 Å². The van der Waals surface area contributed by atoms with Gasteiger partial charge in [0, 0.05) is 17.7 Å². The Bertz CT molecular complexity index is 444. The number of hydrogen-bond acceptors (Lipinski definition) is 4. The van der Waals surface area contributed by atoms with E-state index in [9.17, 15) is 9.18 Å². The van der Waals surface area contributed by atoms with Crippen molar-refractivity contribution in [1.29, 1.82) is 0 Å². The van der Waals surface area contributed by atoms with Crippen molar-refractivity contribution in [3.05, 3.63) is 30.1 Å². The molecular formula is C13H18ClFN2O2S. The van der Waals surface area contributed by atoms with Crippen molar-refractivity contribution in [1.82, 2.24) is 10.6 Å². The number of hydrogen-bond donors (Lipinski definition) is 2. The van der Waals surface area contributed by atoms with Crippen molar-refractivity contribution >= 4 is 30.1 Å². The minimum absolute atomic E-state index is 0. The molecular weight excluding hydrogens is 303 g/mol. The van der Waals surface area contributed by atoms with E-state index in [1.54, 1.807) is 23.9 Å². The number of rotatable bonds is 5. The van der Waals surface area contributed by atoms with Gasteiger partial charge in [-0.15, -0.1) is 24.2 Å². The van der Waals surface area contributed by atoms with E-state index in [1.807, 2.05) is 6.92 Å². The molecule has 1 aromatic carbocycles. The highest BCUT2D eigenvalue weighted by Gasteiger charge is 2.22. The Morgan fingerprint density at radius 2 is 2.45 bits per heavy atom. The fraction of sp³-hybridized carbons (Fsp3) is 0.462. The van der Waals surface area contributed by atoms with E-state index >= 15 is 0 Å². The summed E-state index contributed by atoms with van der Waals surface area (Å²) in [5, 5.41) is 5.92. The molecule has 1 aliphatic heterocycles. The van der Waals surface area contributed by atoms with Gasteiger partial charge in [0.25, 0.3) is 0 Å². The van der Waals surface area contributed by atoms with E-state index < -0.39 is 0 Å². The Hall–Kier alpha value is -0.980. The molecule has 2 unspecified atom stereocenters. The average molecular weight is 321 g/mol. The summed E-state index contributed by atoms with van der Waals surface area (Å²) in [5.41, 5.74) is 0. The molecule has 0 saturated carbocycles. The molecule has 1 amide bonds. The van der Waals surface area contributed by atoms with Gasteiger partial charge in [0.1, 0.15) is 17.7 Å². The number of benzene rings is 1. The van der Waals surface area contributed by atoms with Crippen LogP contribution in [0.3, 0.4) is 0 Å². The largest absolute Gasteiger partial charge is 0.489 e. The molecule has 112 valence electrons. The van der Waals surface area contributed by atoms with Crippen LogP contribution in [-0.2, 0) is 4.79 Å². The van der Waals surface area contributed by atoms with E-state index in [2.05, 4.69) is 10.6 Å². The lowest BCUT2D eigenvalue weighted by Gasteiger charge is -2.17. The minimum atomic E-state index is -0.332. The first-order valence-corrected chi connectivity index (χ1v) is 7.31. The number of ether oxygens (including phenoxy) is 1. The number of carbonyl (C=O) groups excluding carboxylic acids is 1. The SMILES string of the molecule is CC(CNC(=O)C1CSCN1)Oc1cccc(F)c1.Cl. The van der Waals surface area contributed by atoms with Gasteiger partial charge in [-0.3, -0.25) is 10.1 Å². The minimum Gasteiger partial charge on any atom is -0.489 e. The van der Waals surface area contributed by atoms with E-state index in [0.717, 1.165) is 11.6 Å². The zero-order chi connectivity index (χ0) is 13.7. The summed E-state index contributed by atoms with van der Waals surface area (Å²) in [7, 11) is 0. The molecule has 1 aromatic rings. The standard InChI is InChI=1S/C13H17FN2O2S.ClH/c1-9(18-11-4-2-3-10(14)5-11)6-15-13(17)12-7-19-8-16-12;/h2-5,9,12,16H,6-8H2,1H3,(H,15,17);1H. The Morgan fingerprint density at radius 1 is 1.65 bits per heavy atom. The number of amides is 1. The molecule has 1 fully saturated rings. The molecule has 7 heteroatoms. The Labute approximate surface area is 128 Å². The summed E-state index contributed by atoms with van der Waals surface area (Å²) in [6.07, 6.45) is -0.209. The van der Waals surface area contributed by atoms with Crippen molar-refractivity contribution in [3.8, 4) is 5.75 Å². The van der Waals surface area contributed by atoms with Gasteiger partial charge in [0.15, 0.2) is 0 Å². The molecule has 1 aliphatic rings. The number of nitrogens with one attached hydrogen (secondary N) is 2. The third kappa shape index (κ3) is 5.19. The van der Waals surface area contributed by atoms with Gasteiger partial charge in [0.2, 0.25) is 5.91 Å². The zero-order valence-corrected chi connectivity index (χ0v) is 12.7. The summed E-state index contributed by atoms with van der Waals surface area (Å²) < 4.78 is 18.5. The molecule has 2 atom stereocenters. The number of halogens is 2.